The SMILES string of the molecule is CNc1ccnc(C#Cc2cccc(C(=O)OC)c2)c1. The molecule has 0 aliphatic heterocycles. The first-order valence-corrected chi connectivity index (χ1v) is 6.07. The lowest BCUT2D eigenvalue weighted by Gasteiger charge is -1.99. The third-order valence-electron chi connectivity index (χ3n) is 2.67. The Bertz CT molecular complexity index is 684. The molecule has 2 rings (SSSR count). The van der Waals surface area contributed by atoms with Crippen LogP contribution in [-0.4, -0.2) is 25.1 Å². The van der Waals surface area contributed by atoms with Crippen molar-refractivity contribution in [2.45, 2.75) is 0 Å². The van der Waals surface area contributed by atoms with Crippen molar-refractivity contribution in [3.8, 4) is 11.8 Å². The summed E-state index contributed by atoms with van der Waals surface area (Å²) in [6.45, 7) is 0. The molecule has 0 aliphatic carbocycles. The molecule has 0 spiro atoms. The van der Waals surface area contributed by atoms with Crippen molar-refractivity contribution in [2.24, 2.45) is 0 Å². The van der Waals surface area contributed by atoms with Crippen LogP contribution in [0.15, 0.2) is 42.6 Å². The van der Waals surface area contributed by atoms with Gasteiger partial charge in [0.2, 0.25) is 0 Å². The van der Waals surface area contributed by atoms with Gasteiger partial charge < -0.3 is 10.1 Å². The minimum Gasteiger partial charge on any atom is -0.465 e. The number of anilines is 1. The Kier molecular flexibility index (Phi) is 4.35. The number of nitrogens with one attached hydrogen (secondary N) is 1. The first-order chi connectivity index (χ1) is 9.72. The van der Waals surface area contributed by atoms with Crippen molar-refractivity contribution >= 4 is 11.7 Å². The molecule has 0 amide bonds. The second-order valence-electron chi connectivity index (χ2n) is 4.00. The molecule has 0 saturated carbocycles. The van der Waals surface area contributed by atoms with E-state index in [1.165, 1.54) is 7.11 Å². The van der Waals surface area contributed by atoms with E-state index in [0.29, 0.717) is 11.3 Å². The maximum Gasteiger partial charge on any atom is 0.337 e. The van der Waals surface area contributed by atoms with Crippen molar-refractivity contribution in [3.05, 3.63) is 59.4 Å². The van der Waals surface area contributed by atoms with E-state index in [4.69, 9.17) is 0 Å². The number of carbonyl (C=O) groups is 1. The lowest BCUT2D eigenvalue weighted by Crippen LogP contribution is -2.00. The first-order valence-electron chi connectivity index (χ1n) is 6.07. The molecule has 0 saturated heterocycles. The van der Waals surface area contributed by atoms with Gasteiger partial charge >= 0.3 is 5.97 Å². The number of nitrogens with zero attached hydrogens (tertiary/aromatic N) is 1. The minimum absolute atomic E-state index is 0.371. The van der Waals surface area contributed by atoms with E-state index < -0.39 is 0 Å². The Hall–Kier alpha value is -2.80. The van der Waals surface area contributed by atoms with Crippen molar-refractivity contribution in [1.29, 1.82) is 0 Å². The van der Waals surface area contributed by atoms with Crippen LogP contribution in [0, 0.1) is 11.8 Å². The van der Waals surface area contributed by atoms with E-state index in [9.17, 15) is 4.79 Å². The summed E-state index contributed by atoms with van der Waals surface area (Å²) < 4.78 is 4.68. The monoisotopic (exact) mass is 266 g/mol. The first kappa shape index (κ1) is 13.6. The molecule has 0 unspecified atom stereocenters. The topological polar surface area (TPSA) is 51.2 Å². The molecule has 2 aromatic rings. The van der Waals surface area contributed by atoms with Gasteiger partial charge in [-0.1, -0.05) is 12.0 Å². The number of pyridine rings is 1. The van der Waals surface area contributed by atoms with Crippen LogP contribution in [0.3, 0.4) is 0 Å². The number of benzene rings is 1. The number of carbonyl (C=O) groups excluding carboxylic acids is 1. The number of hydrogen-bond acceptors (Lipinski definition) is 4. The maximum atomic E-state index is 11.4. The fraction of sp³-hybridized carbons (Fsp3) is 0.125. The summed E-state index contributed by atoms with van der Waals surface area (Å²) in [4.78, 5) is 15.6. The molecule has 0 fully saturated rings. The van der Waals surface area contributed by atoms with E-state index in [0.717, 1.165) is 11.3 Å². The van der Waals surface area contributed by atoms with Gasteiger partial charge in [-0.25, -0.2) is 9.78 Å². The summed E-state index contributed by atoms with van der Waals surface area (Å²) in [5.41, 5.74) is 2.84. The predicted molar refractivity (Wildman–Crippen MR) is 77.5 cm³/mol. The number of methoxy groups -OCH3 is 1. The van der Waals surface area contributed by atoms with E-state index in [-0.39, 0.29) is 5.97 Å². The summed E-state index contributed by atoms with van der Waals surface area (Å²) in [5.74, 6) is 5.58. The Balaban J connectivity index is 2.26. The highest BCUT2D eigenvalue weighted by atomic mass is 16.5. The number of esters is 1. The Morgan fingerprint density at radius 2 is 2.10 bits per heavy atom. The predicted octanol–water partition coefficient (Wildman–Crippen LogP) is 2.31. The fourth-order valence-corrected chi connectivity index (χ4v) is 1.63. The van der Waals surface area contributed by atoms with Crippen LogP contribution in [0.1, 0.15) is 21.6 Å². The summed E-state index contributed by atoms with van der Waals surface area (Å²) in [6.07, 6.45) is 1.70. The van der Waals surface area contributed by atoms with Crippen LogP contribution in [0.2, 0.25) is 0 Å². The van der Waals surface area contributed by atoms with Gasteiger partial charge in [0.25, 0.3) is 0 Å². The van der Waals surface area contributed by atoms with Crippen LogP contribution < -0.4 is 5.32 Å². The van der Waals surface area contributed by atoms with Gasteiger partial charge in [0.1, 0.15) is 5.69 Å². The van der Waals surface area contributed by atoms with E-state index >= 15 is 0 Å². The summed E-state index contributed by atoms with van der Waals surface area (Å²) in [7, 11) is 3.19. The molecule has 20 heavy (non-hydrogen) atoms. The van der Waals surface area contributed by atoms with Crippen LogP contribution in [-0.2, 0) is 4.74 Å². The van der Waals surface area contributed by atoms with Gasteiger partial charge in [-0.05, 0) is 36.3 Å². The average Bonchev–Trinajstić information content (AvgIpc) is 2.52. The summed E-state index contributed by atoms with van der Waals surface area (Å²) in [5, 5.41) is 3.03. The Morgan fingerprint density at radius 1 is 1.25 bits per heavy atom. The van der Waals surface area contributed by atoms with Crippen molar-refractivity contribution in [1.82, 2.24) is 4.98 Å². The fourth-order valence-electron chi connectivity index (χ4n) is 1.63. The van der Waals surface area contributed by atoms with Crippen LogP contribution in [0.25, 0.3) is 0 Å². The zero-order valence-electron chi connectivity index (χ0n) is 11.3. The van der Waals surface area contributed by atoms with Gasteiger partial charge in [0, 0.05) is 24.5 Å². The summed E-state index contributed by atoms with van der Waals surface area (Å²) in [6, 6.07) is 10.7. The normalized spacial score (nSPS) is 9.30. The van der Waals surface area contributed by atoms with Crippen LogP contribution in [0.4, 0.5) is 5.69 Å². The quantitative estimate of drug-likeness (QED) is 0.669. The number of rotatable bonds is 2. The van der Waals surface area contributed by atoms with E-state index in [1.54, 1.807) is 24.4 Å². The number of hydrogen-bond donors (Lipinski definition) is 1. The van der Waals surface area contributed by atoms with Gasteiger partial charge in [-0.2, -0.15) is 0 Å². The molecule has 1 aromatic heterocycles. The number of aromatic nitrogens is 1. The summed E-state index contributed by atoms with van der Waals surface area (Å²) >= 11 is 0. The Labute approximate surface area is 117 Å². The van der Waals surface area contributed by atoms with Crippen molar-refractivity contribution in [2.75, 3.05) is 19.5 Å². The molecule has 1 aromatic carbocycles. The zero-order chi connectivity index (χ0) is 14.4. The average molecular weight is 266 g/mol. The lowest BCUT2D eigenvalue weighted by atomic mass is 10.1. The van der Waals surface area contributed by atoms with Gasteiger partial charge in [-0.3, -0.25) is 0 Å². The molecule has 0 radical (unpaired) electrons. The largest absolute Gasteiger partial charge is 0.465 e. The maximum absolute atomic E-state index is 11.4. The molecular formula is C16H14N2O2. The van der Waals surface area contributed by atoms with Gasteiger partial charge in [-0.15, -0.1) is 0 Å². The molecule has 0 bridgehead atoms. The van der Waals surface area contributed by atoms with Crippen LogP contribution in [0.5, 0.6) is 0 Å². The highest BCUT2D eigenvalue weighted by Crippen LogP contribution is 2.07. The second kappa shape index (κ2) is 6.39. The third-order valence-corrected chi connectivity index (χ3v) is 2.67. The van der Waals surface area contributed by atoms with E-state index in [2.05, 4.69) is 26.9 Å². The van der Waals surface area contributed by atoms with Crippen LogP contribution >= 0.6 is 0 Å². The highest BCUT2D eigenvalue weighted by molar-refractivity contribution is 5.89. The zero-order valence-corrected chi connectivity index (χ0v) is 11.3. The van der Waals surface area contributed by atoms with Gasteiger partial charge in [0.05, 0.1) is 12.7 Å². The lowest BCUT2D eigenvalue weighted by molar-refractivity contribution is 0.0600. The molecule has 100 valence electrons. The van der Waals surface area contributed by atoms with Gasteiger partial charge in [0.15, 0.2) is 0 Å². The molecule has 0 atom stereocenters. The van der Waals surface area contributed by atoms with E-state index in [1.807, 2.05) is 25.2 Å². The second-order valence-corrected chi connectivity index (χ2v) is 4.00. The smallest absolute Gasteiger partial charge is 0.337 e. The standard InChI is InChI=1S/C16H14N2O2/c1-17-14-8-9-18-15(11-14)7-6-12-4-3-5-13(10-12)16(19)20-2/h3-5,8-11H,1-2H3,(H,17,18). The third kappa shape index (κ3) is 3.36. The Morgan fingerprint density at radius 3 is 2.85 bits per heavy atom. The number of ether oxygens (including phenoxy) is 1. The molecule has 4 heteroatoms. The van der Waals surface area contributed by atoms with Crippen molar-refractivity contribution < 1.29 is 9.53 Å². The minimum atomic E-state index is -0.371. The van der Waals surface area contributed by atoms with Crippen molar-refractivity contribution in [3.63, 3.8) is 0 Å². The molecule has 4 nitrogen and oxygen atoms in total. The molecule has 1 N–H and O–H groups in total. The molecule has 0 aliphatic rings. The highest BCUT2D eigenvalue weighted by Gasteiger charge is 2.04. The molecular weight excluding hydrogens is 252 g/mol. The molecule has 1 heterocycles.